The molecule has 0 aromatic rings. The molecular weight excluding hydrogens is 214 g/mol. The monoisotopic (exact) mass is 227 g/mol. The molecule has 6 nitrogen and oxygen atoms in total. The number of ketones is 1. The standard InChI is InChI=1S/C10H13NO5/c12-4-7-8(14)9(15)10(16-7)6-3-5(13)1-2-11-6/h1-2,7-10,12,14-15H,3-4H2/t7-,8-,9-,10?/m1/s1. The van der Waals surface area contributed by atoms with Gasteiger partial charge in [0.25, 0.3) is 0 Å². The van der Waals surface area contributed by atoms with E-state index in [-0.39, 0.29) is 18.8 Å². The number of hydrogen-bond donors (Lipinski definition) is 3. The molecule has 0 radical (unpaired) electrons. The number of hydrogen-bond acceptors (Lipinski definition) is 6. The summed E-state index contributed by atoms with van der Waals surface area (Å²) in [5, 5.41) is 28.1. The van der Waals surface area contributed by atoms with Crippen LogP contribution in [0.1, 0.15) is 6.42 Å². The Morgan fingerprint density at radius 1 is 1.44 bits per heavy atom. The Kier molecular flexibility index (Phi) is 3.15. The van der Waals surface area contributed by atoms with Gasteiger partial charge in [0, 0.05) is 6.20 Å². The van der Waals surface area contributed by atoms with Crippen molar-refractivity contribution in [3.63, 3.8) is 0 Å². The number of allylic oxidation sites excluding steroid dienone is 1. The second-order valence-electron chi connectivity index (χ2n) is 3.84. The van der Waals surface area contributed by atoms with Crippen LogP contribution in [0.25, 0.3) is 0 Å². The van der Waals surface area contributed by atoms with Gasteiger partial charge in [0.05, 0.1) is 18.7 Å². The van der Waals surface area contributed by atoms with Crippen LogP contribution in [0.5, 0.6) is 0 Å². The minimum atomic E-state index is -1.16. The molecule has 2 aliphatic rings. The van der Waals surface area contributed by atoms with Crippen LogP contribution in [0.15, 0.2) is 17.3 Å². The number of nitrogens with zero attached hydrogens (tertiary/aromatic N) is 1. The first-order chi connectivity index (χ1) is 7.63. The quantitative estimate of drug-likeness (QED) is 0.527. The molecular formula is C10H13NO5. The van der Waals surface area contributed by atoms with Crippen molar-refractivity contribution < 1.29 is 24.9 Å². The normalized spacial score (nSPS) is 38.9. The van der Waals surface area contributed by atoms with Gasteiger partial charge in [0.2, 0.25) is 0 Å². The van der Waals surface area contributed by atoms with E-state index >= 15 is 0 Å². The first kappa shape index (κ1) is 11.4. The second-order valence-corrected chi connectivity index (χ2v) is 3.84. The summed E-state index contributed by atoms with van der Waals surface area (Å²) in [4.78, 5) is 15.1. The van der Waals surface area contributed by atoms with Crippen LogP contribution in [0, 0.1) is 0 Å². The highest BCUT2D eigenvalue weighted by molar-refractivity contribution is 6.10. The lowest BCUT2D eigenvalue weighted by Gasteiger charge is -2.17. The van der Waals surface area contributed by atoms with Gasteiger partial charge in [-0.2, -0.15) is 0 Å². The summed E-state index contributed by atoms with van der Waals surface area (Å²) in [6, 6.07) is 0. The zero-order valence-corrected chi connectivity index (χ0v) is 8.48. The van der Waals surface area contributed by atoms with Crippen LogP contribution in [-0.2, 0) is 9.53 Å². The Balaban J connectivity index is 2.14. The van der Waals surface area contributed by atoms with Gasteiger partial charge in [0.15, 0.2) is 5.78 Å². The lowest BCUT2D eigenvalue weighted by Crippen LogP contribution is -2.37. The lowest BCUT2D eigenvalue weighted by molar-refractivity contribution is -0.113. The number of carbonyl (C=O) groups is 1. The molecule has 2 rings (SSSR count). The molecule has 6 heteroatoms. The summed E-state index contributed by atoms with van der Waals surface area (Å²) in [7, 11) is 0. The van der Waals surface area contributed by atoms with E-state index in [2.05, 4.69) is 4.99 Å². The maximum atomic E-state index is 11.2. The van der Waals surface area contributed by atoms with Gasteiger partial charge in [-0.3, -0.25) is 9.79 Å². The van der Waals surface area contributed by atoms with Crippen molar-refractivity contribution in [3.8, 4) is 0 Å². The second kappa shape index (κ2) is 4.42. The van der Waals surface area contributed by atoms with Crippen LogP contribution in [-0.4, -0.2) is 57.8 Å². The maximum absolute atomic E-state index is 11.2. The van der Waals surface area contributed by atoms with Crippen molar-refractivity contribution in [2.75, 3.05) is 6.61 Å². The lowest BCUT2D eigenvalue weighted by atomic mass is 10.00. The molecule has 0 bridgehead atoms. The van der Waals surface area contributed by atoms with E-state index in [4.69, 9.17) is 9.84 Å². The molecule has 0 aliphatic carbocycles. The predicted molar refractivity (Wildman–Crippen MR) is 54.0 cm³/mol. The third kappa shape index (κ3) is 1.92. The molecule has 3 N–H and O–H groups in total. The van der Waals surface area contributed by atoms with Crippen molar-refractivity contribution in [2.45, 2.75) is 30.8 Å². The Morgan fingerprint density at radius 3 is 2.75 bits per heavy atom. The fourth-order valence-corrected chi connectivity index (χ4v) is 1.85. The molecule has 88 valence electrons. The molecule has 16 heavy (non-hydrogen) atoms. The topological polar surface area (TPSA) is 99.4 Å². The number of aliphatic imine (C=N–C) groups is 1. The average molecular weight is 227 g/mol. The van der Waals surface area contributed by atoms with Gasteiger partial charge in [-0.25, -0.2) is 0 Å². The maximum Gasteiger partial charge on any atom is 0.162 e. The molecule has 1 fully saturated rings. The van der Waals surface area contributed by atoms with E-state index in [0.717, 1.165) is 0 Å². The summed E-state index contributed by atoms with van der Waals surface area (Å²) in [5.41, 5.74) is 0.384. The SMILES string of the molecule is O=C1C=CN=C(C2O[C@H](CO)[C@@H](O)[C@H]2O)C1. The molecule has 0 aromatic heterocycles. The first-order valence-electron chi connectivity index (χ1n) is 5.02. The van der Waals surface area contributed by atoms with Gasteiger partial charge < -0.3 is 20.1 Å². The molecule has 0 spiro atoms. The minimum Gasteiger partial charge on any atom is -0.394 e. The summed E-state index contributed by atoms with van der Waals surface area (Å²) >= 11 is 0. The highest BCUT2D eigenvalue weighted by atomic mass is 16.6. The fraction of sp³-hybridized carbons (Fsp3) is 0.600. The molecule has 1 unspecified atom stereocenters. The van der Waals surface area contributed by atoms with E-state index in [1.165, 1.54) is 12.3 Å². The molecule has 0 amide bonds. The smallest absolute Gasteiger partial charge is 0.162 e. The van der Waals surface area contributed by atoms with E-state index in [0.29, 0.717) is 5.71 Å². The predicted octanol–water partition coefficient (Wildman–Crippen LogP) is -1.60. The number of aliphatic hydroxyl groups is 3. The van der Waals surface area contributed by atoms with Crippen molar-refractivity contribution >= 4 is 11.5 Å². The van der Waals surface area contributed by atoms with Gasteiger partial charge >= 0.3 is 0 Å². The molecule has 0 saturated carbocycles. The Bertz CT molecular complexity index is 351. The third-order valence-corrected chi connectivity index (χ3v) is 2.73. The summed E-state index contributed by atoms with van der Waals surface area (Å²) < 4.78 is 5.26. The van der Waals surface area contributed by atoms with Crippen LogP contribution in [0.2, 0.25) is 0 Å². The fourth-order valence-electron chi connectivity index (χ4n) is 1.85. The van der Waals surface area contributed by atoms with Gasteiger partial charge in [-0.1, -0.05) is 0 Å². The molecule has 2 heterocycles. The molecule has 1 saturated heterocycles. The highest BCUT2D eigenvalue weighted by Crippen LogP contribution is 2.24. The summed E-state index contributed by atoms with van der Waals surface area (Å²) in [5.74, 6) is -0.122. The highest BCUT2D eigenvalue weighted by Gasteiger charge is 2.44. The van der Waals surface area contributed by atoms with Gasteiger partial charge in [-0.15, -0.1) is 0 Å². The van der Waals surface area contributed by atoms with Crippen molar-refractivity contribution in [1.29, 1.82) is 0 Å². The molecule has 4 atom stereocenters. The average Bonchev–Trinajstić information content (AvgIpc) is 2.56. The van der Waals surface area contributed by atoms with Crippen molar-refractivity contribution in [3.05, 3.63) is 12.3 Å². The summed E-state index contributed by atoms with van der Waals surface area (Å²) in [6.45, 7) is -0.383. The van der Waals surface area contributed by atoms with Crippen LogP contribution in [0.3, 0.4) is 0 Å². The first-order valence-corrected chi connectivity index (χ1v) is 5.02. The van der Waals surface area contributed by atoms with Crippen LogP contribution >= 0.6 is 0 Å². The Morgan fingerprint density at radius 2 is 2.19 bits per heavy atom. The number of ether oxygens (including phenoxy) is 1. The van der Waals surface area contributed by atoms with E-state index in [1.54, 1.807) is 0 Å². The van der Waals surface area contributed by atoms with Crippen LogP contribution < -0.4 is 0 Å². The minimum absolute atomic E-state index is 0.0725. The number of aliphatic hydroxyl groups excluding tert-OH is 3. The van der Waals surface area contributed by atoms with E-state index in [9.17, 15) is 15.0 Å². The molecule has 2 aliphatic heterocycles. The van der Waals surface area contributed by atoms with Crippen molar-refractivity contribution in [1.82, 2.24) is 0 Å². The Labute approximate surface area is 91.9 Å². The zero-order valence-electron chi connectivity index (χ0n) is 8.48. The zero-order chi connectivity index (χ0) is 11.7. The number of carbonyl (C=O) groups excluding carboxylic acids is 1. The van der Waals surface area contributed by atoms with E-state index in [1.807, 2.05) is 0 Å². The largest absolute Gasteiger partial charge is 0.394 e. The molecule has 0 aromatic carbocycles. The Hall–Kier alpha value is -1.08. The summed E-state index contributed by atoms with van der Waals surface area (Å²) in [6.07, 6.45) is -1.21. The van der Waals surface area contributed by atoms with Gasteiger partial charge in [0.1, 0.15) is 24.4 Å². The van der Waals surface area contributed by atoms with E-state index < -0.39 is 24.4 Å². The van der Waals surface area contributed by atoms with Crippen molar-refractivity contribution in [2.24, 2.45) is 4.99 Å². The van der Waals surface area contributed by atoms with Gasteiger partial charge in [-0.05, 0) is 6.08 Å². The number of rotatable bonds is 2. The third-order valence-electron chi connectivity index (χ3n) is 2.73. The van der Waals surface area contributed by atoms with Crippen LogP contribution in [0.4, 0.5) is 0 Å².